The summed E-state index contributed by atoms with van der Waals surface area (Å²) in [5.74, 6) is 0. The number of aryl methyl sites for hydroxylation is 1. The first-order valence-corrected chi connectivity index (χ1v) is 10.2. The summed E-state index contributed by atoms with van der Waals surface area (Å²) in [4.78, 5) is 17.9. The Balaban J connectivity index is 1.79. The molecule has 1 aromatic heterocycles. The number of H-pyrrole nitrogens is 1. The van der Waals surface area contributed by atoms with Gasteiger partial charge < -0.3 is 19.9 Å². The second-order valence-electron chi connectivity index (χ2n) is 7.36. The van der Waals surface area contributed by atoms with E-state index < -0.39 is 0 Å². The number of aromatic nitrogens is 1. The average molecular weight is 388 g/mol. The second-order valence-corrected chi connectivity index (χ2v) is 7.75. The third kappa shape index (κ3) is 5.08. The van der Waals surface area contributed by atoms with Crippen molar-refractivity contribution < 1.29 is 4.74 Å². The van der Waals surface area contributed by atoms with E-state index in [1.54, 1.807) is 7.11 Å². The fourth-order valence-electron chi connectivity index (χ4n) is 3.76. The Morgan fingerprint density at radius 1 is 1.33 bits per heavy atom. The quantitative estimate of drug-likeness (QED) is 0.563. The monoisotopic (exact) mass is 387 g/mol. The van der Waals surface area contributed by atoms with Gasteiger partial charge in [0.25, 0.3) is 5.56 Å². The van der Waals surface area contributed by atoms with Crippen LogP contribution in [0.2, 0.25) is 0 Å². The summed E-state index contributed by atoms with van der Waals surface area (Å²) < 4.78 is 5.10. The summed E-state index contributed by atoms with van der Waals surface area (Å²) in [5.41, 5.74) is 2.76. The normalized spacial score (nSPS) is 14.6. The van der Waals surface area contributed by atoms with Crippen molar-refractivity contribution >= 4 is 28.2 Å². The lowest BCUT2D eigenvalue weighted by Crippen LogP contribution is -2.45. The minimum Gasteiger partial charge on any atom is -0.385 e. The number of aromatic amines is 1. The highest BCUT2D eigenvalue weighted by molar-refractivity contribution is 7.80. The summed E-state index contributed by atoms with van der Waals surface area (Å²) in [6, 6.07) is 8.55. The second kappa shape index (κ2) is 9.33. The topological polar surface area (TPSA) is 57.4 Å². The van der Waals surface area contributed by atoms with Gasteiger partial charge in [-0.2, -0.15) is 0 Å². The first-order chi connectivity index (χ1) is 13.1. The molecule has 1 heterocycles. The van der Waals surface area contributed by atoms with Crippen LogP contribution in [0.15, 0.2) is 29.1 Å². The number of benzene rings is 1. The molecule has 0 aliphatic heterocycles. The molecule has 1 aliphatic rings. The summed E-state index contributed by atoms with van der Waals surface area (Å²) in [6.07, 6.45) is 5.61. The lowest BCUT2D eigenvalue weighted by molar-refractivity contribution is 0.195. The van der Waals surface area contributed by atoms with Gasteiger partial charge in [-0.1, -0.05) is 25.0 Å². The smallest absolute Gasteiger partial charge is 0.253 e. The largest absolute Gasteiger partial charge is 0.385 e. The molecule has 0 spiro atoms. The molecule has 1 aliphatic carbocycles. The molecule has 0 bridgehead atoms. The number of nitrogens with zero attached hydrogens (tertiary/aromatic N) is 1. The van der Waals surface area contributed by atoms with Gasteiger partial charge in [-0.05, 0) is 61.5 Å². The summed E-state index contributed by atoms with van der Waals surface area (Å²) >= 11 is 5.68. The standard InChI is InChI=1S/C21H29N3O2S/c1-15-8-9-16-13-17(20(25)23-19(16)12-15)14-24(18-6-3-4-7-18)21(27)22-10-5-11-26-2/h8-9,12-13,18H,3-7,10-11,14H2,1-2H3,(H,22,27)(H,23,25). The molecule has 5 nitrogen and oxygen atoms in total. The summed E-state index contributed by atoms with van der Waals surface area (Å²) in [6.45, 7) is 4.06. The Kier molecular flexibility index (Phi) is 6.85. The van der Waals surface area contributed by atoms with E-state index in [4.69, 9.17) is 17.0 Å². The fraction of sp³-hybridized carbons (Fsp3) is 0.524. The van der Waals surface area contributed by atoms with E-state index in [0.29, 0.717) is 19.2 Å². The van der Waals surface area contributed by atoms with Crippen LogP contribution < -0.4 is 10.9 Å². The van der Waals surface area contributed by atoms with Crippen LogP contribution in [-0.2, 0) is 11.3 Å². The molecule has 1 fully saturated rings. The summed E-state index contributed by atoms with van der Waals surface area (Å²) in [5, 5.41) is 5.14. The van der Waals surface area contributed by atoms with Crippen molar-refractivity contribution in [2.45, 2.75) is 51.6 Å². The van der Waals surface area contributed by atoms with Crippen molar-refractivity contribution in [1.82, 2.24) is 15.2 Å². The molecule has 1 aromatic carbocycles. The van der Waals surface area contributed by atoms with Gasteiger partial charge in [-0.15, -0.1) is 0 Å². The van der Waals surface area contributed by atoms with Crippen molar-refractivity contribution in [2.24, 2.45) is 0 Å². The number of nitrogens with one attached hydrogen (secondary N) is 2. The first kappa shape index (κ1) is 19.8. The van der Waals surface area contributed by atoms with Gasteiger partial charge in [0.15, 0.2) is 5.11 Å². The lowest BCUT2D eigenvalue weighted by Gasteiger charge is -2.31. The zero-order valence-electron chi connectivity index (χ0n) is 16.2. The molecule has 0 amide bonds. The maximum absolute atomic E-state index is 12.7. The molecular weight excluding hydrogens is 358 g/mol. The molecule has 2 aromatic rings. The van der Waals surface area contributed by atoms with Crippen molar-refractivity contribution in [1.29, 1.82) is 0 Å². The minimum absolute atomic E-state index is 0.0294. The van der Waals surface area contributed by atoms with Crippen LogP contribution in [0.3, 0.4) is 0 Å². The van der Waals surface area contributed by atoms with E-state index >= 15 is 0 Å². The van der Waals surface area contributed by atoms with Crippen molar-refractivity contribution in [2.75, 3.05) is 20.3 Å². The summed E-state index contributed by atoms with van der Waals surface area (Å²) in [7, 11) is 1.71. The molecule has 0 atom stereocenters. The highest BCUT2D eigenvalue weighted by Crippen LogP contribution is 2.25. The van der Waals surface area contributed by atoms with Crippen LogP contribution in [0.4, 0.5) is 0 Å². The molecule has 3 rings (SSSR count). The maximum Gasteiger partial charge on any atom is 0.253 e. The number of pyridine rings is 1. The number of methoxy groups -OCH3 is 1. The van der Waals surface area contributed by atoms with Crippen molar-refractivity contribution in [3.63, 3.8) is 0 Å². The van der Waals surface area contributed by atoms with E-state index in [9.17, 15) is 4.79 Å². The molecule has 0 unspecified atom stereocenters. The van der Waals surface area contributed by atoms with E-state index in [-0.39, 0.29) is 5.56 Å². The Bertz CT molecular complexity index is 843. The number of ether oxygens (including phenoxy) is 1. The lowest BCUT2D eigenvalue weighted by atomic mass is 10.1. The molecular formula is C21H29N3O2S. The van der Waals surface area contributed by atoms with Crippen LogP contribution in [0.25, 0.3) is 10.9 Å². The van der Waals surface area contributed by atoms with Crippen LogP contribution >= 0.6 is 12.2 Å². The van der Waals surface area contributed by atoms with E-state index in [0.717, 1.165) is 52.9 Å². The van der Waals surface area contributed by atoms with E-state index in [2.05, 4.69) is 27.3 Å². The fourth-order valence-corrected chi connectivity index (χ4v) is 4.07. The number of rotatable bonds is 7. The van der Waals surface area contributed by atoms with Gasteiger partial charge in [-0.25, -0.2) is 0 Å². The molecule has 27 heavy (non-hydrogen) atoms. The van der Waals surface area contributed by atoms with Crippen molar-refractivity contribution in [3.05, 3.63) is 45.7 Å². The maximum atomic E-state index is 12.7. The zero-order valence-corrected chi connectivity index (χ0v) is 17.0. The Morgan fingerprint density at radius 2 is 2.11 bits per heavy atom. The number of hydrogen-bond acceptors (Lipinski definition) is 3. The van der Waals surface area contributed by atoms with Gasteiger partial charge in [0, 0.05) is 37.4 Å². The third-order valence-electron chi connectivity index (χ3n) is 5.25. The number of hydrogen-bond donors (Lipinski definition) is 2. The number of fused-ring (bicyclic) bond motifs is 1. The minimum atomic E-state index is -0.0294. The average Bonchev–Trinajstić information content (AvgIpc) is 3.17. The van der Waals surface area contributed by atoms with Crippen LogP contribution in [0.1, 0.15) is 43.2 Å². The Labute approximate surface area is 166 Å². The highest BCUT2D eigenvalue weighted by atomic mass is 32.1. The SMILES string of the molecule is COCCCNC(=S)N(Cc1cc2ccc(C)cc2[nH]c1=O)C1CCCC1. The Hall–Kier alpha value is -1.92. The molecule has 6 heteroatoms. The van der Waals surface area contributed by atoms with E-state index in [1.165, 1.54) is 12.8 Å². The zero-order chi connectivity index (χ0) is 19.2. The number of thiocarbonyl (C=S) groups is 1. The van der Waals surface area contributed by atoms with Gasteiger partial charge in [0.05, 0.1) is 6.54 Å². The Morgan fingerprint density at radius 3 is 2.85 bits per heavy atom. The predicted octanol–water partition coefficient (Wildman–Crippen LogP) is 3.49. The third-order valence-corrected chi connectivity index (χ3v) is 5.63. The van der Waals surface area contributed by atoms with Gasteiger partial charge >= 0.3 is 0 Å². The van der Waals surface area contributed by atoms with Gasteiger partial charge in [0.1, 0.15) is 0 Å². The van der Waals surface area contributed by atoms with Crippen molar-refractivity contribution in [3.8, 4) is 0 Å². The van der Waals surface area contributed by atoms with Crippen LogP contribution in [0.5, 0.6) is 0 Å². The molecule has 2 N–H and O–H groups in total. The predicted molar refractivity (Wildman–Crippen MR) is 114 cm³/mol. The molecule has 0 radical (unpaired) electrons. The van der Waals surface area contributed by atoms with Crippen LogP contribution in [0, 0.1) is 6.92 Å². The van der Waals surface area contributed by atoms with Gasteiger partial charge in [0.2, 0.25) is 0 Å². The first-order valence-electron chi connectivity index (χ1n) is 9.74. The molecule has 1 saturated carbocycles. The molecule has 146 valence electrons. The van der Waals surface area contributed by atoms with Crippen LogP contribution in [-0.4, -0.2) is 41.3 Å². The van der Waals surface area contributed by atoms with Gasteiger partial charge in [-0.3, -0.25) is 4.79 Å². The molecule has 0 saturated heterocycles. The van der Waals surface area contributed by atoms with E-state index in [1.807, 2.05) is 19.1 Å². The highest BCUT2D eigenvalue weighted by Gasteiger charge is 2.25.